The summed E-state index contributed by atoms with van der Waals surface area (Å²) >= 11 is 3.14. The number of thioether (sulfide) groups is 1. The molecule has 2 aromatic heterocycles. The number of aromatic nitrogens is 3. The minimum absolute atomic E-state index is 0.177. The summed E-state index contributed by atoms with van der Waals surface area (Å²) in [5.41, 5.74) is 0.458. The van der Waals surface area contributed by atoms with E-state index in [1.165, 1.54) is 48.0 Å². The van der Waals surface area contributed by atoms with Crippen LogP contribution in [-0.2, 0) is 11.2 Å². The zero-order valence-corrected chi connectivity index (χ0v) is 18.5. The van der Waals surface area contributed by atoms with Gasteiger partial charge in [-0.1, -0.05) is 43.2 Å². The van der Waals surface area contributed by atoms with Gasteiger partial charge in [0.05, 0.1) is 5.25 Å². The molecule has 0 bridgehead atoms. The molecule has 158 valence electrons. The van der Waals surface area contributed by atoms with Crippen LogP contribution in [0.5, 0.6) is 0 Å². The zero-order chi connectivity index (χ0) is 20.9. The van der Waals surface area contributed by atoms with Crippen LogP contribution in [-0.4, -0.2) is 25.9 Å². The third-order valence-electron chi connectivity index (χ3n) is 5.33. The Balaban J connectivity index is 1.52. The van der Waals surface area contributed by atoms with Crippen molar-refractivity contribution in [3.63, 3.8) is 0 Å². The first-order valence-corrected chi connectivity index (χ1v) is 12.1. The van der Waals surface area contributed by atoms with Crippen molar-refractivity contribution in [2.45, 2.75) is 61.9 Å². The first-order chi connectivity index (χ1) is 14.6. The predicted molar refractivity (Wildman–Crippen MR) is 120 cm³/mol. The maximum Gasteiger partial charge on any atom is 0.237 e. The molecule has 1 aliphatic rings. The van der Waals surface area contributed by atoms with Crippen molar-refractivity contribution >= 4 is 34.7 Å². The van der Waals surface area contributed by atoms with Crippen LogP contribution >= 0.6 is 23.1 Å². The Morgan fingerprint density at radius 3 is 2.83 bits per heavy atom. The molecule has 5 nitrogen and oxygen atoms in total. The lowest BCUT2D eigenvalue weighted by molar-refractivity contribution is -0.115. The fourth-order valence-electron chi connectivity index (χ4n) is 3.81. The lowest BCUT2D eigenvalue weighted by Gasteiger charge is -2.26. The number of hydrogen-bond donors (Lipinski definition) is 1. The number of thiophene rings is 1. The van der Waals surface area contributed by atoms with Gasteiger partial charge in [-0.25, -0.2) is 4.39 Å². The average molecular weight is 445 g/mol. The van der Waals surface area contributed by atoms with Crippen LogP contribution in [0.4, 0.5) is 10.1 Å². The smallest absolute Gasteiger partial charge is 0.237 e. The number of halogens is 1. The van der Waals surface area contributed by atoms with Crippen LogP contribution in [0.2, 0.25) is 0 Å². The van der Waals surface area contributed by atoms with E-state index in [-0.39, 0.29) is 17.0 Å². The summed E-state index contributed by atoms with van der Waals surface area (Å²) < 4.78 is 15.7. The summed E-state index contributed by atoms with van der Waals surface area (Å²) in [4.78, 5) is 13.9. The van der Waals surface area contributed by atoms with Crippen LogP contribution in [0.25, 0.3) is 0 Å². The standard InChI is InChI=1S/C22H25FN4OS2/c1-15(21(28)24-17-8-5-7-16(23)13-17)30-22-26-25-20(14-19-11-6-12-29-19)27(22)18-9-3-2-4-10-18/h5-8,11-13,15,18H,2-4,9-10,14H2,1H3,(H,24,28). The van der Waals surface area contributed by atoms with E-state index in [1.54, 1.807) is 23.5 Å². The molecule has 1 N–H and O–H groups in total. The third kappa shape index (κ3) is 5.10. The molecule has 1 fully saturated rings. The first-order valence-electron chi connectivity index (χ1n) is 10.3. The summed E-state index contributed by atoms with van der Waals surface area (Å²) in [5, 5.41) is 14.2. The van der Waals surface area contributed by atoms with E-state index in [1.807, 2.05) is 6.92 Å². The molecule has 1 atom stereocenters. The zero-order valence-electron chi connectivity index (χ0n) is 16.9. The van der Waals surface area contributed by atoms with Gasteiger partial charge in [0.15, 0.2) is 5.16 Å². The molecule has 0 aliphatic heterocycles. The quantitative estimate of drug-likeness (QED) is 0.475. The van der Waals surface area contributed by atoms with Crippen LogP contribution < -0.4 is 5.32 Å². The van der Waals surface area contributed by atoms with Crippen molar-refractivity contribution in [2.75, 3.05) is 5.32 Å². The number of amides is 1. The highest BCUT2D eigenvalue weighted by molar-refractivity contribution is 8.00. The molecule has 1 saturated carbocycles. The average Bonchev–Trinajstić information content (AvgIpc) is 3.39. The van der Waals surface area contributed by atoms with Gasteiger partial charge in [0.2, 0.25) is 5.91 Å². The Labute approximate surface area is 184 Å². The van der Waals surface area contributed by atoms with Crippen molar-refractivity contribution in [1.82, 2.24) is 14.8 Å². The molecule has 2 heterocycles. The number of anilines is 1. The van der Waals surface area contributed by atoms with E-state index in [2.05, 4.69) is 37.6 Å². The SMILES string of the molecule is CC(Sc1nnc(Cc2cccs2)n1C1CCCCC1)C(=O)Nc1cccc(F)c1. The topological polar surface area (TPSA) is 59.8 Å². The van der Waals surface area contributed by atoms with Gasteiger partial charge >= 0.3 is 0 Å². The summed E-state index contributed by atoms with van der Waals surface area (Å²) in [6, 6.07) is 10.5. The molecular formula is C22H25FN4OS2. The summed E-state index contributed by atoms with van der Waals surface area (Å²) in [6.45, 7) is 1.85. The molecule has 1 aliphatic carbocycles. The maximum atomic E-state index is 13.4. The van der Waals surface area contributed by atoms with Gasteiger partial charge < -0.3 is 9.88 Å². The number of carbonyl (C=O) groups excluding carboxylic acids is 1. The number of carbonyl (C=O) groups is 1. The van der Waals surface area contributed by atoms with Gasteiger partial charge in [-0.3, -0.25) is 4.79 Å². The highest BCUT2D eigenvalue weighted by Crippen LogP contribution is 2.34. The molecule has 0 saturated heterocycles. The molecule has 1 unspecified atom stereocenters. The minimum Gasteiger partial charge on any atom is -0.325 e. The fraction of sp³-hybridized carbons (Fsp3) is 0.409. The lowest BCUT2D eigenvalue weighted by Crippen LogP contribution is -2.24. The molecule has 0 radical (unpaired) electrons. The molecule has 1 amide bonds. The summed E-state index contributed by atoms with van der Waals surface area (Å²) in [6.07, 6.45) is 6.68. The monoisotopic (exact) mass is 444 g/mol. The molecule has 3 aromatic rings. The number of nitrogens with zero attached hydrogens (tertiary/aromatic N) is 3. The largest absolute Gasteiger partial charge is 0.325 e. The number of benzene rings is 1. The summed E-state index contributed by atoms with van der Waals surface area (Å²) in [7, 11) is 0. The third-order valence-corrected chi connectivity index (χ3v) is 7.26. The van der Waals surface area contributed by atoms with Gasteiger partial charge in [0, 0.05) is 23.0 Å². The highest BCUT2D eigenvalue weighted by atomic mass is 32.2. The van der Waals surface area contributed by atoms with Gasteiger partial charge in [-0.2, -0.15) is 0 Å². The van der Waals surface area contributed by atoms with Crippen LogP contribution in [0.3, 0.4) is 0 Å². The van der Waals surface area contributed by atoms with Gasteiger partial charge in [0.25, 0.3) is 0 Å². The molecule has 30 heavy (non-hydrogen) atoms. The van der Waals surface area contributed by atoms with Crippen molar-refractivity contribution in [3.05, 3.63) is 58.3 Å². The van der Waals surface area contributed by atoms with Crippen LogP contribution in [0.15, 0.2) is 46.9 Å². The fourth-order valence-corrected chi connectivity index (χ4v) is 5.44. The predicted octanol–water partition coefficient (Wildman–Crippen LogP) is 5.69. The van der Waals surface area contributed by atoms with Crippen LogP contribution in [0, 0.1) is 5.82 Å². The number of rotatable bonds is 7. The van der Waals surface area contributed by atoms with Crippen LogP contribution in [0.1, 0.15) is 55.8 Å². The number of nitrogens with one attached hydrogen (secondary N) is 1. The lowest BCUT2D eigenvalue weighted by atomic mass is 9.95. The Bertz CT molecular complexity index is 983. The Morgan fingerprint density at radius 1 is 1.27 bits per heavy atom. The Morgan fingerprint density at radius 2 is 2.10 bits per heavy atom. The first kappa shape index (κ1) is 21.1. The molecule has 1 aromatic carbocycles. The van der Waals surface area contributed by atoms with Crippen molar-refractivity contribution in [3.8, 4) is 0 Å². The second-order valence-corrected chi connectivity index (χ2v) is 9.92. The van der Waals surface area contributed by atoms with E-state index in [0.29, 0.717) is 11.7 Å². The molecule has 8 heteroatoms. The molecular weight excluding hydrogens is 419 g/mol. The van der Waals surface area contributed by atoms with E-state index in [4.69, 9.17) is 0 Å². The normalized spacial score (nSPS) is 15.8. The van der Waals surface area contributed by atoms with Crippen molar-refractivity contribution in [1.29, 1.82) is 0 Å². The van der Waals surface area contributed by atoms with E-state index in [9.17, 15) is 9.18 Å². The van der Waals surface area contributed by atoms with E-state index in [0.717, 1.165) is 30.2 Å². The molecule has 4 rings (SSSR count). The van der Waals surface area contributed by atoms with Gasteiger partial charge in [-0.15, -0.1) is 21.5 Å². The summed E-state index contributed by atoms with van der Waals surface area (Å²) in [5.74, 6) is 0.413. The number of hydrogen-bond acceptors (Lipinski definition) is 5. The van der Waals surface area contributed by atoms with Gasteiger partial charge in [0.1, 0.15) is 11.6 Å². The Kier molecular flexibility index (Phi) is 6.84. The maximum absolute atomic E-state index is 13.4. The van der Waals surface area contributed by atoms with E-state index < -0.39 is 0 Å². The van der Waals surface area contributed by atoms with Crippen molar-refractivity contribution < 1.29 is 9.18 Å². The van der Waals surface area contributed by atoms with Crippen molar-refractivity contribution in [2.24, 2.45) is 0 Å². The molecule has 0 spiro atoms. The van der Waals surface area contributed by atoms with E-state index >= 15 is 0 Å². The minimum atomic E-state index is -0.380. The van der Waals surface area contributed by atoms with Gasteiger partial charge in [-0.05, 0) is 49.4 Å². The second-order valence-electron chi connectivity index (χ2n) is 7.58. The second kappa shape index (κ2) is 9.75. The Hall–Kier alpha value is -2.19. The highest BCUT2D eigenvalue weighted by Gasteiger charge is 2.26.